The maximum atomic E-state index is 12.8. The van der Waals surface area contributed by atoms with Crippen molar-refractivity contribution in [2.24, 2.45) is 0 Å². The molecule has 2 aliphatic rings. The van der Waals surface area contributed by atoms with Gasteiger partial charge >= 0.3 is 5.97 Å². The van der Waals surface area contributed by atoms with Crippen LogP contribution in [-0.4, -0.2) is 46.2 Å². The summed E-state index contributed by atoms with van der Waals surface area (Å²) in [5.41, 5.74) is 1.66. The number of nitrogens with zero attached hydrogens (tertiary/aromatic N) is 2. The fourth-order valence-corrected chi connectivity index (χ4v) is 4.59. The standard InChI is InChI=1S/C23H28N2O6/c1-4-30-22(29)16-13-24-18(12-19(16)27)14-10-20(28)21(31-9-5-8-26)11-15(14)17-6-7-23(2,3)25(17)24/h10-13,17,26,28H,4-9H2,1-3H3/t17-/m1/s1. The predicted octanol–water partition coefficient (Wildman–Crippen LogP) is 2.72. The number of aromatic hydroxyl groups is 1. The average Bonchev–Trinajstić information content (AvgIpc) is 3.04. The van der Waals surface area contributed by atoms with Crippen LogP contribution < -0.4 is 15.2 Å². The minimum Gasteiger partial charge on any atom is -0.504 e. The summed E-state index contributed by atoms with van der Waals surface area (Å²) >= 11 is 0. The Kier molecular flexibility index (Phi) is 5.43. The van der Waals surface area contributed by atoms with Gasteiger partial charge in [0.1, 0.15) is 5.56 Å². The van der Waals surface area contributed by atoms with Gasteiger partial charge in [0, 0.05) is 30.9 Å². The third-order valence-corrected chi connectivity index (χ3v) is 6.03. The van der Waals surface area contributed by atoms with Gasteiger partial charge < -0.3 is 19.7 Å². The molecule has 0 amide bonds. The molecule has 0 aliphatic carbocycles. The van der Waals surface area contributed by atoms with E-state index in [9.17, 15) is 14.7 Å². The van der Waals surface area contributed by atoms with E-state index in [1.807, 2.05) is 10.7 Å². The Morgan fingerprint density at radius 3 is 2.77 bits per heavy atom. The third-order valence-electron chi connectivity index (χ3n) is 6.03. The molecule has 1 aromatic carbocycles. The summed E-state index contributed by atoms with van der Waals surface area (Å²) in [6, 6.07) is 4.87. The monoisotopic (exact) mass is 428 g/mol. The van der Waals surface area contributed by atoms with Gasteiger partial charge in [-0.15, -0.1) is 0 Å². The van der Waals surface area contributed by atoms with Crippen molar-refractivity contribution in [3.63, 3.8) is 0 Å². The zero-order valence-corrected chi connectivity index (χ0v) is 18.1. The zero-order chi connectivity index (χ0) is 22.3. The summed E-state index contributed by atoms with van der Waals surface area (Å²) in [4.78, 5) is 25.1. The Labute approximate surface area is 180 Å². The molecule has 2 aliphatic heterocycles. The molecule has 0 bridgehead atoms. The number of phenols is 1. The third kappa shape index (κ3) is 3.54. The number of carbonyl (C=O) groups excluding carboxylic acids is 1. The van der Waals surface area contributed by atoms with Crippen LogP contribution in [0.2, 0.25) is 0 Å². The van der Waals surface area contributed by atoms with E-state index in [0.29, 0.717) is 24.5 Å². The van der Waals surface area contributed by atoms with Crippen molar-refractivity contribution in [2.75, 3.05) is 24.8 Å². The van der Waals surface area contributed by atoms with E-state index in [4.69, 9.17) is 14.6 Å². The summed E-state index contributed by atoms with van der Waals surface area (Å²) in [6.45, 7) is 6.45. The largest absolute Gasteiger partial charge is 0.504 e. The number of phenolic OH excluding ortho intramolecular Hbond substituents is 1. The van der Waals surface area contributed by atoms with Crippen LogP contribution in [0.3, 0.4) is 0 Å². The van der Waals surface area contributed by atoms with Crippen LogP contribution in [0.4, 0.5) is 0 Å². The van der Waals surface area contributed by atoms with E-state index < -0.39 is 11.4 Å². The van der Waals surface area contributed by atoms with Gasteiger partial charge in [0.2, 0.25) is 0 Å². The lowest BCUT2D eigenvalue weighted by Gasteiger charge is -2.44. The number of fused-ring (bicyclic) bond motifs is 6. The molecule has 1 aromatic heterocycles. The summed E-state index contributed by atoms with van der Waals surface area (Å²) in [7, 11) is 0. The Balaban J connectivity index is 1.89. The second-order valence-corrected chi connectivity index (χ2v) is 8.55. The lowest BCUT2D eigenvalue weighted by molar-refractivity contribution is 0.0523. The van der Waals surface area contributed by atoms with Crippen molar-refractivity contribution in [1.82, 2.24) is 4.68 Å². The maximum Gasteiger partial charge on any atom is 0.343 e. The molecule has 8 nitrogen and oxygen atoms in total. The predicted molar refractivity (Wildman–Crippen MR) is 115 cm³/mol. The highest BCUT2D eigenvalue weighted by molar-refractivity contribution is 5.89. The minimum atomic E-state index is -0.641. The highest BCUT2D eigenvalue weighted by Crippen LogP contribution is 2.50. The summed E-state index contributed by atoms with van der Waals surface area (Å²) in [6.07, 6.45) is 3.81. The van der Waals surface area contributed by atoms with Gasteiger partial charge in [0.15, 0.2) is 16.9 Å². The maximum absolute atomic E-state index is 12.8. The van der Waals surface area contributed by atoms with Crippen LogP contribution in [-0.2, 0) is 4.74 Å². The first-order valence-corrected chi connectivity index (χ1v) is 10.6. The van der Waals surface area contributed by atoms with Crippen LogP contribution in [0, 0.1) is 0 Å². The van der Waals surface area contributed by atoms with Gasteiger partial charge in [0.05, 0.1) is 30.5 Å². The molecule has 0 radical (unpaired) electrons. The lowest BCUT2D eigenvalue weighted by Crippen LogP contribution is -2.50. The number of aromatic nitrogens is 1. The molecular formula is C23H28N2O6. The van der Waals surface area contributed by atoms with Gasteiger partial charge in [-0.1, -0.05) is 0 Å². The van der Waals surface area contributed by atoms with Gasteiger partial charge in [-0.2, -0.15) is 0 Å². The Bertz CT molecular complexity index is 1070. The molecular weight excluding hydrogens is 400 g/mol. The quantitative estimate of drug-likeness (QED) is 0.539. The minimum absolute atomic E-state index is 0.00385. The van der Waals surface area contributed by atoms with Crippen LogP contribution in [0.25, 0.3) is 11.3 Å². The molecule has 1 fully saturated rings. The molecule has 1 saturated heterocycles. The second kappa shape index (κ2) is 7.92. The van der Waals surface area contributed by atoms with Crippen molar-refractivity contribution >= 4 is 5.97 Å². The SMILES string of the molecule is CCOC(=O)c1cn2c(cc1=O)-c1cc(O)c(OCCCO)cc1[C@H]1CCC(C)(C)N12. The molecule has 1 atom stereocenters. The molecule has 0 unspecified atom stereocenters. The van der Waals surface area contributed by atoms with Crippen LogP contribution >= 0.6 is 0 Å². The first-order chi connectivity index (χ1) is 14.8. The second-order valence-electron chi connectivity index (χ2n) is 8.55. The fourth-order valence-electron chi connectivity index (χ4n) is 4.59. The number of aliphatic hydroxyl groups is 1. The molecule has 8 heteroatoms. The van der Waals surface area contributed by atoms with Crippen molar-refractivity contribution < 1.29 is 24.5 Å². The number of hydrogen-bond acceptors (Lipinski definition) is 7. The number of benzene rings is 1. The van der Waals surface area contributed by atoms with E-state index in [1.165, 1.54) is 6.07 Å². The summed E-state index contributed by atoms with van der Waals surface area (Å²) < 4.78 is 12.6. The van der Waals surface area contributed by atoms with Crippen LogP contribution in [0.1, 0.15) is 62.0 Å². The zero-order valence-electron chi connectivity index (χ0n) is 18.1. The highest BCUT2D eigenvalue weighted by Gasteiger charge is 2.45. The van der Waals surface area contributed by atoms with Gasteiger partial charge in [0.25, 0.3) is 0 Å². The molecule has 166 valence electrons. The van der Waals surface area contributed by atoms with Gasteiger partial charge in [-0.25, -0.2) is 4.79 Å². The summed E-state index contributed by atoms with van der Waals surface area (Å²) in [5.74, 6) is -0.315. The Hall–Kier alpha value is -3.00. The molecule has 0 saturated carbocycles. The number of pyridine rings is 1. The fraction of sp³-hybridized carbons (Fsp3) is 0.478. The average molecular weight is 428 g/mol. The molecule has 0 spiro atoms. The molecule has 2 aromatic rings. The van der Waals surface area contributed by atoms with E-state index >= 15 is 0 Å². The number of carbonyl (C=O) groups is 1. The van der Waals surface area contributed by atoms with E-state index in [1.54, 1.807) is 19.2 Å². The normalized spacial score (nSPS) is 18.2. The Morgan fingerprint density at radius 1 is 1.29 bits per heavy atom. The lowest BCUT2D eigenvalue weighted by atomic mass is 9.93. The van der Waals surface area contributed by atoms with Crippen molar-refractivity contribution in [3.05, 3.63) is 45.7 Å². The first kappa shape index (κ1) is 21.2. The number of aliphatic hydroxyl groups excluding tert-OH is 1. The van der Waals surface area contributed by atoms with Crippen molar-refractivity contribution in [3.8, 4) is 22.8 Å². The number of ether oxygens (including phenoxy) is 2. The van der Waals surface area contributed by atoms with Crippen molar-refractivity contribution in [1.29, 1.82) is 0 Å². The van der Waals surface area contributed by atoms with Crippen LogP contribution in [0.15, 0.2) is 29.2 Å². The van der Waals surface area contributed by atoms with E-state index in [0.717, 1.165) is 24.0 Å². The van der Waals surface area contributed by atoms with Gasteiger partial charge in [-0.05, 0) is 51.3 Å². The number of hydrogen-bond donors (Lipinski definition) is 2. The highest BCUT2D eigenvalue weighted by atomic mass is 16.5. The number of rotatable bonds is 6. The van der Waals surface area contributed by atoms with Gasteiger partial charge in [-0.3, -0.25) is 14.5 Å². The van der Waals surface area contributed by atoms with E-state index in [2.05, 4.69) is 18.9 Å². The smallest absolute Gasteiger partial charge is 0.343 e. The first-order valence-electron chi connectivity index (χ1n) is 10.6. The van der Waals surface area contributed by atoms with Crippen LogP contribution in [0.5, 0.6) is 11.5 Å². The van der Waals surface area contributed by atoms with E-state index in [-0.39, 0.29) is 36.1 Å². The van der Waals surface area contributed by atoms with Crippen molar-refractivity contribution in [2.45, 2.75) is 51.6 Å². The molecule has 3 heterocycles. The molecule has 2 N–H and O–H groups in total. The molecule has 31 heavy (non-hydrogen) atoms. The number of esters is 1. The molecule has 4 rings (SSSR count). The topological polar surface area (TPSA) is 101 Å². The Morgan fingerprint density at radius 2 is 2.06 bits per heavy atom. The summed E-state index contributed by atoms with van der Waals surface area (Å²) in [5, 5.41) is 21.7.